The van der Waals surface area contributed by atoms with Gasteiger partial charge in [-0.05, 0) is 29.9 Å². The van der Waals surface area contributed by atoms with Gasteiger partial charge in [-0.3, -0.25) is 0 Å². The molecule has 0 N–H and O–H groups in total. The number of hydrogen-bond donors (Lipinski definition) is 0. The van der Waals surface area contributed by atoms with Gasteiger partial charge in [0.2, 0.25) is 0 Å². The quantitative estimate of drug-likeness (QED) is 0.682. The molecule has 1 saturated heterocycles. The average Bonchev–Trinajstić information content (AvgIpc) is 3.06. The number of hydrogen-bond acceptors (Lipinski definition) is 5. The standard InChI is InChI=1S/C17H19ClN6/c1-10(2)13-7-20-17(14-8-19-16(18)6-12(13)14)23-9-15(11(23)3)24-5-4-21-22-24/h4-8,10-11,15H,9H2,1-3H3/t11-,15+/m1/s1. The van der Waals surface area contributed by atoms with Crippen LogP contribution in [-0.4, -0.2) is 37.5 Å². The van der Waals surface area contributed by atoms with Crippen LogP contribution < -0.4 is 4.90 Å². The molecular weight excluding hydrogens is 324 g/mol. The molecule has 7 heteroatoms. The number of rotatable bonds is 3. The number of anilines is 1. The molecule has 1 aliphatic rings. The van der Waals surface area contributed by atoms with Crippen LogP contribution in [0.2, 0.25) is 5.15 Å². The summed E-state index contributed by atoms with van der Waals surface area (Å²) in [6.07, 6.45) is 7.43. The minimum absolute atomic E-state index is 0.294. The first kappa shape index (κ1) is 15.3. The molecule has 0 saturated carbocycles. The van der Waals surface area contributed by atoms with Crippen molar-refractivity contribution in [3.63, 3.8) is 0 Å². The van der Waals surface area contributed by atoms with Crippen molar-refractivity contribution in [2.45, 2.75) is 38.8 Å². The molecule has 3 aromatic heterocycles. The van der Waals surface area contributed by atoms with Crippen molar-refractivity contribution < 1.29 is 0 Å². The van der Waals surface area contributed by atoms with Crippen LogP contribution in [0, 0.1) is 0 Å². The maximum Gasteiger partial charge on any atom is 0.138 e. The Bertz CT molecular complexity index is 876. The molecule has 0 unspecified atom stereocenters. The highest BCUT2D eigenvalue weighted by Crippen LogP contribution is 2.38. The van der Waals surface area contributed by atoms with Gasteiger partial charge in [0, 0.05) is 30.5 Å². The van der Waals surface area contributed by atoms with Crippen molar-refractivity contribution in [1.82, 2.24) is 25.0 Å². The second kappa shape index (κ2) is 5.70. The number of pyridine rings is 2. The van der Waals surface area contributed by atoms with E-state index >= 15 is 0 Å². The highest BCUT2D eigenvalue weighted by Gasteiger charge is 2.39. The molecule has 24 heavy (non-hydrogen) atoms. The van der Waals surface area contributed by atoms with Gasteiger partial charge in [0.1, 0.15) is 11.0 Å². The third kappa shape index (κ3) is 2.33. The lowest BCUT2D eigenvalue weighted by Gasteiger charge is -2.47. The fraction of sp³-hybridized carbons (Fsp3) is 0.412. The summed E-state index contributed by atoms with van der Waals surface area (Å²) in [4.78, 5) is 11.3. The highest BCUT2D eigenvalue weighted by molar-refractivity contribution is 6.30. The Labute approximate surface area is 145 Å². The fourth-order valence-electron chi connectivity index (χ4n) is 3.37. The highest BCUT2D eigenvalue weighted by atomic mass is 35.5. The number of nitrogens with zero attached hydrogens (tertiary/aromatic N) is 6. The Morgan fingerprint density at radius 1 is 1.21 bits per heavy atom. The molecule has 0 aromatic carbocycles. The van der Waals surface area contributed by atoms with Crippen molar-refractivity contribution in [2.24, 2.45) is 0 Å². The van der Waals surface area contributed by atoms with Crippen LogP contribution in [-0.2, 0) is 0 Å². The zero-order valence-electron chi connectivity index (χ0n) is 13.9. The summed E-state index contributed by atoms with van der Waals surface area (Å²) in [7, 11) is 0. The van der Waals surface area contributed by atoms with Gasteiger partial charge in [0.05, 0.1) is 18.3 Å². The van der Waals surface area contributed by atoms with Crippen LogP contribution >= 0.6 is 11.6 Å². The predicted molar refractivity (Wildman–Crippen MR) is 94.5 cm³/mol. The third-order valence-electron chi connectivity index (χ3n) is 4.86. The van der Waals surface area contributed by atoms with E-state index in [1.807, 2.05) is 29.3 Å². The number of halogens is 1. The summed E-state index contributed by atoms with van der Waals surface area (Å²) < 4.78 is 1.92. The van der Waals surface area contributed by atoms with E-state index in [1.165, 1.54) is 5.56 Å². The van der Waals surface area contributed by atoms with Crippen molar-refractivity contribution in [1.29, 1.82) is 0 Å². The van der Waals surface area contributed by atoms with Crippen LogP contribution in [0.5, 0.6) is 0 Å². The van der Waals surface area contributed by atoms with Crippen LogP contribution in [0.25, 0.3) is 10.8 Å². The van der Waals surface area contributed by atoms with E-state index in [1.54, 1.807) is 6.20 Å². The Kier molecular flexibility index (Phi) is 3.64. The maximum atomic E-state index is 6.13. The molecular formula is C17H19ClN6. The van der Waals surface area contributed by atoms with E-state index in [4.69, 9.17) is 16.6 Å². The Morgan fingerprint density at radius 3 is 2.71 bits per heavy atom. The summed E-state index contributed by atoms with van der Waals surface area (Å²) in [6.45, 7) is 7.37. The molecule has 6 nitrogen and oxygen atoms in total. The van der Waals surface area contributed by atoms with E-state index in [9.17, 15) is 0 Å². The molecule has 0 aliphatic carbocycles. The molecule has 124 valence electrons. The van der Waals surface area contributed by atoms with E-state index in [2.05, 4.69) is 41.0 Å². The van der Waals surface area contributed by atoms with E-state index in [0.29, 0.717) is 23.2 Å². The lowest BCUT2D eigenvalue weighted by molar-refractivity contribution is 0.281. The van der Waals surface area contributed by atoms with E-state index < -0.39 is 0 Å². The van der Waals surface area contributed by atoms with Crippen molar-refractivity contribution >= 4 is 28.2 Å². The third-order valence-corrected chi connectivity index (χ3v) is 5.06. The molecule has 0 amide bonds. The summed E-state index contributed by atoms with van der Waals surface area (Å²) >= 11 is 6.13. The van der Waals surface area contributed by atoms with Crippen molar-refractivity contribution in [3.8, 4) is 0 Å². The SMILES string of the molecule is CC(C)c1cnc(N2C[C@H](n3ccnn3)[C@H]2C)c2cnc(Cl)cc12. The first-order valence-electron chi connectivity index (χ1n) is 8.13. The monoisotopic (exact) mass is 342 g/mol. The van der Waals surface area contributed by atoms with Gasteiger partial charge in [-0.2, -0.15) is 0 Å². The number of aromatic nitrogens is 5. The maximum absolute atomic E-state index is 6.13. The largest absolute Gasteiger partial charge is 0.349 e. The summed E-state index contributed by atoms with van der Waals surface area (Å²) in [5, 5.41) is 10.7. The van der Waals surface area contributed by atoms with Gasteiger partial charge >= 0.3 is 0 Å². The minimum atomic E-state index is 0.294. The molecule has 1 aliphatic heterocycles. The molecule has 3 aromatic rings. The number of fused-ring (bicyclic) bond motifs is 1. The molecule has 2 atom stereocenters. The Balaban J connectivity index is 1.75. The second-order valence-corrected chi connectivity index (χ2v) is 6.98. The molecule has 0 bridgehead atoms. The zero-order chi connectivity index (χ0) is 16.8. The van der Waals surface area contributed by atoms with Crippen LogP contribution in [0.1, 0.15) is 38.3 Å². The normalized spacial score (nSPS) is 20.6. The Morgan fingerprint density at radius 2 is 2.04 bits per heavy atom. The van der Waals surface area contributed by atoms with Crippen LogP contribution in [0.4, 0.5) is 5.82 Å². The van der Waals surface area contributed by atoms with E-state index in [0.717, 1.165) is 23.1 Å². The molecule has 1 fully saturated rings. The zero-order valence-corrected chi connectivity index (χ0v) is 14.6. The summed E-state index contributed by atoms with van der Waals surface area (Å²) in [5.74, 6) is 1.34. The smallest absolute Gasteiger partial charge is 0.138 e. The van der Waals surface area contributed by atoms with Gasteiger partial charge in [0.15, 0.2) is 0 Å². The topological polar surface area (TPSA) is 59.7 Å². The van der Waals surface area contributed by atoms with Crippen LogP contribution in [0.3, 0.4) is 0 Å². The molecule has 4 rings (SSSR count). The summed E-state index contributed by atoms with van der Waals surface area (Å²) in [5.41, 5.74) is 1.19. The average molecular weight is 343 g/mol. The van der Waals surface area contributed by atoms with Crippen molar-refractivity contribution in [2.75, 3.05) is 11.4 Å². The minimum Gasteiger partial charge on any atom is -0.349 e. The molecule has 0 radical (unpaired) electrons. The van der Waals surface area contributed by atoms with Gasteiger partial charge in [-0.1, -0.05) is 30.7 Å². The van der Waals surface area contributed by atoms with Gasteiger partial charge < -0.3 is 4.90 Å². The van der Waals surface area contributed by atoms with Crippen molar-refractivity contribution in [3.05, 3.63) is 41.6 Å². The predicted octanol–water partition coefficient (Wildman–Crippen LogP) is 3.45. The lowest BCUT2D eigenvalue weighted by atomic mass is 9.95. The fourth-order valence-corrected chi connectivity index (χ4v) is 3.53. The first-order valence-corrected chi connectivity index (χ1v) is 8.50. The molecule has 0 spiro atoms. The summed E-state index contributed by atoms with van der Waals surface area (Å²) in [6, 6.07) is 2.55. The lowest BCUT2D eigenvalue weighted by Crippen LogP contribution is -2.56. The van der Waals surface area contributed by atoms with Gasteiger partial charge in [0.25, 0.3) is 0 Å². The van der Waals surface area contributed by atoms with Gasteiger partial charge in [-0.25, -0.2) is 14.6 Å². The Hall–Kier alpha value is -2.21. The first-order chi connectivity index (χ1) is 11.6. The molecule has 4 heterocycles. The van der Waals surface area contributed by atoms with Crippen LogP contribution in [0.15, 0.2) is 30.9 Å². The second-order valence-electron chi connectivity index (χ2n) is 6.59. The van der Waals surface area contributed by atoms with E-state index in [-0.39, 0.29) is 0 Å². The van der Waals surface area contributed by atoms with Gasteiger partial charge in [-0.15, -0.1) is 5.10 Å².